The monoisotopic (exact) mass is 283 g/mol. The number of amides is 1. The molecule has 110 valence electrons. The highest BCUT2D eigenvalue weighted by atomic mass is 16.2. The molecule has 0 radical (unpaired) electrons. The van der Waals surface area contributed by atoms with Crippen molar-refractivity contribution in [1.82, 2.24) is 9.88 Å². The molecule has 3 rings (SSSR count). The molecule has 1 aliphatic rings. The Morgan fingerprint density at radius 2 is 2.14 bits per heavy atom. The molecule has 2 heterocycles. The van der Waals surface area contributed by atoms with E-state index in [1.54, 1.807) is 0 Å². The molecule has 0 spiro atoms. The lowest BCUT2D eigenvalue weighted by Crippen LogP contribution is -2.35. The topological polar surface area (TPSA) is 45.2 Å². The molecule has 21 heavy (non-hydrogen) atoms. The first-order valence-corrected chi connectivity index (χ1v) is 7.34. The lowest BCUT2D eigenvalue weighted by atomic mass is 9.88. The maximum absolute atomic E-state index is 12.5. The van der Waals surface area contributed by atoms with E-state index in [0.29, 0.717) is 0 Å². The van der Waals surface area contributed by atoms with Crippen LogP contribution in [-0.4, -0.2) is 35.9 Å². The van der Waals surface area contributed by atoms with Crippen molar-refractivity contribution in [3.63, 3.8) is 0 Å². The van der Waals surface area contributed by atoms with Crippen molar-refractivity contribution in [2.45, 2.75) is 20.3 Å². The number of hydrogen-bond donors (Lipinski definition) is 1. The molecule has 4 heteroatoms. The molecular formula is C17H21N3O. The molecule has 1 N–H and O–H groups in total. The van der Waals surface area contributed by atoms with Crippen molar-refractivity contribution in [3.8, 4) is 0 Å². The second-order valence-electron chi connectivity index (χ2n) is 6.36. The minimum Gasteiger partial charge on any atom is -0.326 e. The molecule has 1 aromatic carbocycles. The highest BCUT2D eigenvalue weighted by molar-refractivity contribution is 5.97. The third-order valence-corrected chi connectivity index (χ3v) is 4.30. The average molecular weight is 283 g/mol. The zero-order valence-corrected chi connectivity index (χ0v) is 12.8. The number of pyridine rings is 1. The zero-order valence-electron chi connectivity index (χ0n) is 12.8. The molecule has 1 fully saturated rings. The first-order valence-electron chi connectivity index (χ1n) is 7.34. The Hall–Kier alpha value is -1.94. The number of aryl methyl sites for hydroxylation is 1. The standard InChI is InChI=1S/C17H21N3O/c1-12-4-5-13-10-14(6-7-15(13)18-12)19-16(21)17(2)8-9-20(3)11-17/h4-7,10H,8-9,11H2,1-3H3,(H,19,21). The van der Waals surface area contributed by atoms with Gasteiger partial charge in [0.05, 0.1) is 10.9 Å². The van der Waals surface area contributed by atoms with Crippen LogP contribution in [0.4, 0.5) is 5.69 Å². The van der Waals surface area contributed by atoms with Crippen LogP contribution < -0.4 is 5.32 Å². The van der Waals surface area contributed by atoms with Crippen LogP contribution in [0.3, 0.4) is 0 Å². The molecule has 1 atom stereocenters. The summed E-state index contributed by atoms with van der Waals surface area (Å²) in [6.07, 6.45) is 0.906. The summed E-state index contributed by atoms with van der Waals surface area (Å²) >= 11 is 0. The van der Waals surface area contributed by atoms with Gasteiger partial charge in [-0.15, -0.1) is 0 Å². The summed E-state index contributed by atoms with van der Waals surface area (Å²) in [6, 6.07) is 9.90. The molecule has 4 nitrogen and oxygen atoms in total. The summed E-state index contributed by atoms with van der Waals surface area (Å²) in [5.41, 5.74) is 2.50. The third-order valence-electron chi connectivity index (χ3n) is 4.30. The number of fused-ring (bicyclic) bond motifs is 1. The Bertz CT molecular complexity index is 697. The average Bonchev–Trinajstić information content (AvgIpc) is 2.80. The van der Waals surface area contributed by atoms with Gasteiger partial charge in [-0.25, -0.2) is 0 Å². The van der Waals surface area contributed by atoms with Crippen molar-refractivity contribution >= 4 is 22.5 Å². The van der Waals surface area contributed by atoms with Crippen LogP contribution in [0.25, 0.3) is 10.9 Å². The predicted molar refractivity (Wildman–Crippen MR) is 85.3 cm³/mol. The number of hydrogen-bond acceptors (Lipinski definition) is 3. The molecule has 0 bridgehead atoms. The van der Waals surface area contributed by atoms with Crippen LogP contribution >= 0.6 is 0 Å². The van der Waals surface area contributed by atoms with Crippen molar-refractivity contribution < 1.29 is 4.79 Å². The number of aromatic nitrogens is 1. The SMILES string of the molecule is Cc1ccc2cc(NC(=O)C3(C)CCN(C)C3)ccc2n1. The summed E-state index contributed by atoms with van der Waals surface area (Å²) in [4.78, 5) is 19.2. The van der Waals surface area contributed by atoms with E-state index in [9.17, 15) is 4.79 Å². The fourth-order valence-corrected chi connectivity index (χ4v) is 2.96. The van der Waals surface area contributed by atoms with Gasteiger partial charge in [-0.3, -0.25) is 9.78 Å². The first kappa shape index (κ1) is 14.0. The number of nitrogens with zero attached hydrogens (tertiary/aromatic N) is 2. The van der Waals surface area contributed by atoms with E-state index in [4.69, 9.17) is 0 Å². The minimum atomic E-state index is -0.296. The Morgan fingerprint density at radius 3 is 2.86 bits per heavy atom. The number of benzene rings is 1. The number of anilines is 1. The van der Waals surface area contributed by atoms with Gasteiger partial charge in [0.2, 0.25) is 5.91 Å². The normalized spacial score (nSPS) is 22.6. The fraction of sp³-hybridized carbons (Fsp3) is 0.412. The van der Waals surface area contributed by atoms with Crippen LogP contribution in [0.5, 0.6) is 0 Å². The molecule has 2 aromatic rings. The van der Waals surface area contributed by atoms with Gasteiger partial charge in [-0.1, -0.05) is 6.07 Å². The molecule has 0 aliphatic carbocycles. The van der Waals surface area contributed by atoms with Gasteiger partial charge in [0.15, 0.2) is 0 Å². The van der Waals surface area contributed by atoms with E-state index >= 15 is 0 Å². The van der Waals surface area contributed by atoms with Crippen LogP contribution in [0.1, 0.15) is 19.0 Å². The van der Waals surface area contributed by atoms with Crippen LogP contribution in [0, 0.1) is 12.3 Å². The van der Waals surface area contributed by atoms with Gasteiger partial charge in [-0.05, 0) is 58.1 Å². The van der Waals surface area contributed by atoms with E-state index < -0.39 is 0 Å². The minimum absolute atomic E-state index is 0.103. The maximum Gasteiger partial charge on any atom is 0.231 e. The summed E-state index contributed by atoms with van der Waals surface area (Å²) < 4.78 is 0. The smallest absolute Gasteiger partial charge is 0.231 e. The number of rotatable bonds is 2. The van der Waals surface area contributed by atoms with E-state index in [0.717, 1.165) is 41.8 Å². The summed E-state index contributed by atoms with van der Waals surface area (Å²) in [7, 11) is 2.06. The van der Waals surface area contributed by atoms with Gasteiger partial charge < -0.3 is 10.2 Å². The summed E-state index contributed by atoms with van der Waals surface area (Å²) in [6.45, 7) is 5.81. The van der Waals surface area contributed by atoms with E-state index in [2.05, 4.69) is 22.2 Å². The second-order valence-corrected chi connectivity index (χ2v) is 6.36. The lowest BCUT2D eigenvalue weighted by Gasteiger charge is -2.22. The Morgan fingerprint density at radius 1 is 1.33 bits per heavy atom. The van der Waals surface area contributed by atoms with Gasteiger partial charge >= 0.3 is 0 Å². The van der Waals surface area contributed by atoms with Crippen LogP contribution in [0.15, 0.2) is 30.3 Å². The van der Waals surface area contributed by atoms with Crippen molar-refractivity contribution in [1.29, 1.82) is 0 Å². The van der Waals surface area contributed by atoms with Crippen LogP contribution in [-0.2, 0) is 4.79 Å². The molecule has 1 aliphatic heterocycles. The molecule has 1 unspecified atom stereocenters. The number of carbonyl (C=O) groups is 1. The van der Waals surface area contributed by atoms with Gasteiger partial charge in [0.25, 0.3) is 0 Å². The number of likely N-dealkylation sites (tertiary alicyclic amines) is 1. The van der Waals surface area contributed by atoms with Crippen molar-refractivity contribution in [2.24, 2.45) is 5.41 Å². The third kappa shape index (κ3) is 2.76. The largest absolute Gasteiger partial charge is 0.326 e. The van der Waals surface area contributed by atoms with Gasteiger partial charge in [0, 0.05) is 23.3 Å². The highest BCUT2D eigenvalue weighted by Gasteiger charge is 2.38. The Labute approximate surface area is 125 Å². The number of nitrogens with one attached hydrogen (secondary N) is 1. The van der Waals surface area contributed by atoms with Crippen LogP contribution in [0.2, 0.25) is 0 Å². The molecular weight excluding hydrogens is 262 g/mol. The molecule has 0 saturated carbocycles. The summed E-state index contributed by atoms with van der Waals surface area (Å²) in [5.74, 6) is 0.103. The zero-order chi connectivity index (χ0) is 15.0. The second kappa shape index (κ2) is 5.11. The first-order chi connectivity index (χ1) is 9.96. The quantitative estimate of drug-likeness (QED) is 0.922. The predicted octanol–water partition coefficient (Wildman–Crippen LogP) is 2.82. The lowest BCUT2D eigenvalue weighted by molar-refractivity contribution is -0.124. The fourth-order valence-electron chi connectivity index (χ4n) is 2.96. The molecule has 1 amide bonds. The Balaban J connectivity index is 1.81. The van der Waals surface area contributed by atoms with Crippen molar-refractivity contribution in [2.75, 3.05) is 25.5 Å². The van der Waals surface area contributed by atoms with E-state index in [1.165, 1.54) is 0 Å². The van der Waals surface area contributed by atoms with E-state index in [1.807, 2.05) is 44.2 Å². The Kier molecular flexibility index (Phi) is 3.41. The molecule has 1 saturated heterocycles. The van der Waals surface area contributed by atoms with Gasteiger partial charge in [0.1, 0.15) is 0 Å². The van der Waals surface area contributed by atoms with E-state index in [-0.39, 0.29) is 11.3 Å². The van der Waals surface area contributed by atoms with Crippen molar-refractivity contribution in [3.05, 3.63) is 36.0 Å². The summed E-state index contributed by atoms with van der Waals surface area (Å²) in [5, 5.41) is 4.11. The number of carbonyl (C=O) groups excluding carboxylic acids is 1. The molecule has 1 aromatic heterocycles. The highest BCUT2D eigenvalue weighted by Crippen LogP contribution is 2.30. The maximum atomic E-state index is 12.5. The van der Waals surface area contributed by atoms with Gasteiger partial charge in [-0.2, -0.15) is 0 Å².